The van der Waals surface area contributed by atoms with Crippen molar-refractivity contribution in [3.05, 3.63) is 80.3 Å². The lowest BCUT2D eigenvalue weighted by Crippen LogP contribution is -2.51. The number of hydrogen-bond acceptors (Lipinski definition) is 6. The molecule has 3 atom stereocenters. The molecule has 0 aliphatic carbocycles. The lowest BCUT2D eigenvalue weighted by molar-refractivity contribution is -0.144. The number of morpholine rings is 1. The molecule has 2 amide bonds. The number of thioether (sulfide) groups is 1. The summed E-state index contributed by atoms with van der Waals surface area (Å²) in [6.45, 7) is 7.04. The summed E-state index contributed by atoms with van der Waals surface area (Å²) in [5.74, 6) is 0.0188. The number of carbonyl (C=O) groups excluding carboxylic acids is 2. The van der Waals surface area contributed by atoms with Gasteiger partial charge in [0.2, 0.25) is 5.91 Å². The molecule has 0 spiro atoms. The first-order valence-corrected chi connectivity index (χ1v) is 15.4. The van der Waals surface area contributed by atoms with E-state index in [1.54, 1.807) is 4.90 Å². The van der Waals surface area contributed by atoms with Gasteiger partial charge < -0.3 is 19.4 Å². The Morgan fingerprint density at radius 1 is 0.950 bits per heavy atom. The minimum absolute atomic E-state index is 0.0310. The van der Waals surface area contributed by atoms with Crippen LogP contribution in [0.1, 0.15) is 49.9 Å². The van der Waals surface area contributed by atoms with Gasteiger partial charge in [0, 0.05) is 35.4 Å². The van der Waals surface area contributed by atoms with E-state index in [1.165, 1.54) is 11.8 Å². The van der Waals surface area contributed by atoms with Crippen molar-refractivity contribution < 1.29 is 14.3 Å². The van der Waals surface area contributed by atoms with Gasteiger partial charge in [0.15, 0.2) is 5.17 Å². The molecule has 0 aromatic heterocycles. The van der Waals surface area contributed by atoms with Crippen LogP contribution in [0.2, 0.25) is 10.0 Å². The summed E-state index contributed by atoms with van der Waals surface area (Å²) in [4.78, 5) is 39.4. The molecule has 0 N–H and O–H groups in total. The Balaban J connectivity index is 1.36. The maximum atomic E-state index is 14.2. The third kappa shape index (κ3) is 5.04. The van der Waals surface area contributed by atoms with Crippen LogP contribution in [0.5, 0.6) is 0 Å². The van der Waals surface area contributed by atoms with Crippen LogP contribution < -0.4 is 0 Å². The number of fused-ring (bicyclic) bond motifs is 1. The van der Waals surface area contributed by atoms with Gasteiger partial charge >= 0.3 is 0 Å². The van der Waals surface area contributed by atoms with E-state index in [1.807, 2.05) is 53.4 Å². The van der Waals surface area contributed by atoms with E-state index in [9.17, 15) is 9.59 Å². The average molecular weight is 600 g/mol. The monoisotopic (exact) mass is 598 g/mol. The number of aliphatic imine (C=N–C) groups is 1. The third-order valence-electron chi connectivity index (χ3n) is 8.00. The number of ether oxygens (including phenoxy) is 1. The second-order valence-corrected chi connectivity index (χ2v) is 12.7. The Hall–Kier alpha value is -2.52. The largest absolute Gasteiger partial charge is 0.378 e. The second-order valence-electron chi connectivity index (χ2n) is 10.8. The van der Waals surface area contributed by atoms with Crippen LogP contribution >= 0.6 is 35.0 Å². The summed E-state index contributed by atoms with van der Waals surface area (Å²) < 4.78 is 5.43. The molecule has 4 heterocycles. The molecule has 4 aliphatic heterocycles. The van der Waals surface area contributed by atoms with E-state index >= 15 is 0 Å². The number of allylic oxidation sites excluding steroid dienone is 1. The van der Waals surface area contributed by atoms with Crippen LogP contribution in [0.3, 0.4) is 0 Å². The number of rotatable bonds is 5. The predicted molar refractivity (Wildman–Crippen MR) is 159 cm³/mol. The smallest absolute Gasteiger partial charge is 0.263 e. The quantitative estimate of drug-likeness (QED) is 0.428. The Bertz CT molecular complexity index is 1360. The molecule has 2 saturated heterocycles. The molecule has 0 bridgehead atoms. The molecule has 40 heavy (non-hydrogen) atoms. The number of benzene rings is 2. The molecule has 7 nitrogen and oxygen atoms in total. The number of hydrogen-bond donors (Lipinski definition) is 0. The van der Waals surface area contributed by atoms with Gasteiger partial charge in [-0.2, -0.15) is 0 Å². The van der Waals surface area contributed by atoms with Crippen LogP contribution in [0.4, 0.5) is 0 Å². The van der Waals surface area contributed by atoms with Crippen LogP contribution in [0.15, 0.2) is 64.1 Å². The maximum Gasteiger partial charge on any atom is 0.263 e. The molecular formula is C30H32Cl2N4O3S. The van der Waals surface area contributed by atoms with Gasteiger partial charge in [-0.05, 0) is 65.9 Å². The van der Waals surface area contributed by atoms with Crippen molar-refractivity contribution in [2.24, 2.45) is 10.9 Å². The normalized spacial score (nSPS) is 24.7. The van der Waals surface area contributed by atoms with Crippen molar-refractivity contribution >= 4 is 51.9 Å². The Labute approximate surface area is 249 Å². The van der Waals surface area contributed by atoms with Crippen molar-refractivity contribution in [1.82, 2.24) is 14.7 Å². The molecule has 0 radical (unpaired) electrons. The topological polar surface area (TPSA) is 65.5 Å². The van der Waals surface area contributed by atoms with Crippen LogP contribution in [-0.2, 0) is 14.3 Å². The van der Waals surface area contributed by atoms with Crippen molar-refractivity contribution in [3.63, 3.8) is 0 Å². The lowest BCUT2D eigenvalue weighted by Gasteiger charge is -2.33. The summed E-state index contributed by atoms with van der Waals surface area (Å²) in [6.07, 6.45) is 1.51. The molecule has 0 saturated carbocycles. The number of carbonyl (C=O) groups is 2. The fourth-order valence-corrected chi connectivity index (χ4v) is 7.64. The highest BCUT2D eigenvalue weighted by molar-refractivity contribution is 8.18. The first-order chi connectivity index (χ1) is 19.3. The van der Waals surface area contributed by atoms with Crippen molar-refractivity contribution in [3.8, 4) is 0 Å². The Kier molecular flexibility index (Phi) is 7.87. The van der Waals surface area contributed by atoms with Crippen molar-refractivity contribution in [2.75, 3.05) is 32.8 Å². The number of amides is 2. The maximum absolute atomic E-state index is 14.2. The summed E-state index contributed by atoms with van der Waals surface area (Å²) in [6, 6.07) is 14.9. The minimum Gasteiger partial charge on any atom is -0.378 e. The van der Waals surface area contributed by atoms with E-state index in [0.717, 1.165) is 28.4 Å². The number of nitrogens with zero attached hydrogens (tertiary/aromatic N) is 4. The standard InChI is InChI=1S/C30H32Cl2N4O3S/c1-18(2)25-27(29(38)35-13-3-4-23(35)28(37)34-14-16-39-17-15-34)40-30-33-24(19-5-9-21(31)10-6-19)26(36(25)30)20-7-11-22(32)12-8-20/h5-12,18,23-24,26H,3-4,13-17H2,1-2H3/t23-,24-,26+/m0/s1. The van der Waals surface area contributed by atoms with E-state index in [2.05, 4.69) is 18.7 Å². The summed E-state index contributed by atoms with van der Waals surface area (Å²) in [5.41, 5.74) is 3.07. The van der Waals surface area contributed by atoms with Crippen LogP contribution in [0, 0.1) is 5.92 Å². The minimum atomic E-state index is -0.432. The Morgan fingerprint density at radius 3 is 2.20 bits per heavy atom. The van der Waals surface area contributed by atoms with Gasteiger partial charge in [0.25, 0.3) is 5.91 Å². The van der Waals surface area contributed by atoms with E-state index in [-0.39, 0.29) is 29.8 Å². The highest BCUT2D eigenvalue weighted by Crippen LogP contribution is 2.53. The summed E-state index contributed by atoms with van der Waals surface area (Å²) in [5, 5.41) is 2.15. The SMILES string of the molecule is CC(C)C1=C(C(=O)N2CCC[C@H]2C(=O)N2CCOCC2)SC2=N[C@@H](c3ccc(Cl)cc3)[C@@H](c3ccc(Cl)cc3)N21. The number of likely N-dealkylation sites (tertiary alicyclic amines) is 1. The van der Waals surface area contributed by atoms with Crippen LogP contribution in [0.25, 0.3) is 0 Å². The van der Waals surface area contributed by atoms with Gasteiger partial charge in [0.1, 0.15) is 17.0 Å². The zero-order chi connectivity index (χ0) is 28.0. The molecule has 6 rings (SSSR count). The van der Waals surface area contributed by atoms with Gasteiger partial charge in [-0.15, -0.1) is 0 Å². The van der Waals surface area contributed by atoms with Gasteiger partial charge in [-0.1, -0.05) is 61.3 Å². The highest BCUT2D eigenvalue weighted by atomic mass is 35.5. The van der Waals surface area contributed by atoms with Gasteiger partial charge in [-0.25, -0.2) is 0 Å². The number of amidine groups is 1. The Morgan fingerprint density at radius 2 is 1.57 bits per heavy atom. The zero-order valence-corrected chi connectivity index (χ0v) is 24.9. The average Bonchev–Trinajstić information content (AvgIpc) is 3.68. The highest BCUT2D eigenvalue weighted by Gasteiger charge is 2.49. The van der Waals surface area contributed by atoms with E-state index in [4.69, 9.17) is 32.9 Å². The van der Waals surface area contributed by atoms with Crippen LogP contribution in [-0.4, -0.2) is 70.6 Å². The molecule has 210 valence electrons. The van der Waals surface area contributed by atoms with Gasteiger partial charge in [-0.3, -0.25) is 14.6 Å². The summed E-state index contributed by atoms with van der Waals surface area (Å²) >= 11 is 13.9. The molecule has 4 aliphatic rings. The first kappa shape index (κ1) is 27.6. The molecule has 2 aromatic rings. The molecule has 2 fully saturated rings. The third-order valence-corrected chi connectivity index (χ3v) is 9.58. The molecule has 0 unspecified atom stereocenters. The second kappa shape index (κ2) is 11.4. The van der Waals surface area contributed by atoms with E-state index in [0.29, 0.717) is 54.2 Å². The molecular weight excluding hydrogens is 567 g/mol. The lowest BCUT2D eigenvalue weighted by atomic mass is 9.92. The van der Waals surface area contributed by atoms with Crippen molar-refractivity contribution in [2.45, 2.75) is 44.8 Å². The number of halogens is 2. The molecule has 2 aromatic carbocycles. The summed E-state index contributed by atoms with van der Waals surface area (Å²) in [7, 11) is 0. The van der Waals surface area contributed by atoms with E-state index < -0.39 is 6.04 Å². The fraction of sp³-hybridized carbons (Fsp3) is 0.433. The van der Waals surface area contributed by atoms with Crippen molar-refractivity contribution in [1.29, 1.82) is 0 Å². The fourth-order valence-electron chi connectivity index (χ4n) is 6.09. The zero-order valence-electron chi connectivity index (χ0n) is 22.6. The van der Waals surface area contributed by atoms with Gasteiger partial charge in [0.05, 0.1) is 19.3 Å². The molecule has 10 heteroatoms. The first-order valence-electron chi connectivity index (χ1n) is 13.8. The predicted octanol–water partition coefficient (Wildman–Crippen LogP) is 5.91.